The van der Waals surface area contributed by atoms with Gasteiger partial charge < -0.3 is 10.1 Å². The average molecular weight is 270 g/mol. The standard InChI is InChI=1S/C14H26N2OS/c1-10(2)6-7-14-16-12(9-17-5)13(18-14)8-15-11(3)4/h10-11,15H,6-9H2,1-5H3. The highest BCUT2D eigenvalue weighted by Crippen LogP contribution is 2.22. The van der Waals surface area contributed by atoms with Crippen LogP contribution in [0.4, 0.5) is 0 Å². The number of nitrogens with one attached hydrogen (secondary N) is 1. The summed E-state index contributed by atoms with van der Waals surface area (Å²) in [5.74, 6) is 0.733. The highest BCUT2D eigenvalue weighted by molar-refractivity contribution is 7.11. The summed E-state index contributed by atoms with van der Waals surface area (Å²) in [7, 11) is 1.73. The predicted octanol–water partition coefficient (Wildman–Crippen LogP) is 3.38. The zero-order chi connectivity index (χ0) is 13.5. The Morgan fingerprint density at radius 2 is 2.00 bits per heavy atom. The molecule has 0 fully saturated rings. The lowest BCUT2D eigenvalue weighted by Crippen LogP contribution is -2.21. The molecule has 0 aliphatic heterocycles. The summed E-state index contributed by atoms with van der Waals surface area (Å²) in [6.07, 6.45) is 2.29. The second-order valence-corrected chi connectivity index (χ2v) is 6.55. The van der Waals surface area contributed by atoms with Crippen molar-refractivity contribution in [3.63, 3.8) is 0 Å². The van der Waals surface area contributed by atoms with Crippen LogP contribution in [-0.4, -0.2) is 18.1 Å². The van der Waals surface area contributed by atoms with Gasteiger partial charge in [-0.15, -0.1) is 11.3 Å². The van der Waals surface area contributed by atoms with Gasteiger partial charge in [-0.3, -0.25) is 0 Å². The number of methoxy groups -OCH3 is 1. The van der Waals surface area contributed by atoms with Crippen molar-refractivity contribution in [3.8, 4) is 0 Å². The molecule has 0 unspecified atom stereocenters. The third kappa shape index (κ3) is 5.46. The Morgan fingerprint density at radius 3 is 2.56 bits per heavy atom. The molecule has 104 valence electrons. The molecule has 4 heteroatoms. The third-order valence-electron chi connectivity index (χ3n) is 2.71. The van der Waals surface area contributed by atoms with Gasteiger partial charge >= 0.3 is 0 Å². The number of nitrogens with zero attached hydrogens (tertiary/aromatic N) is 1. The Bertz CT molecular complexity index is 348. The molecule has 18 heavy (non-hydrogen) atoms. The van der Waals surface area contributed by atoms with Gasteiger partial charge in [0.2, 0.25) is 0 Å². The summed E-state index contributed by atoms with van der Waals surface area (Å²) in [5.41, 5.74) is 1.11. The fourth-order valence-corrected chi connectivity index (χ4v) is 2.68. The minimum Gasteiger partial charge on any atom is -0.378 e. The highest BCUT2D eigenvalue weighted by Gasteiger charge is 2.11. The minimum absolute atomic E-state index is 0.501. The van der Waals surface area contributed by atoms with Gasteiger partial charge in [-0.05, 0) is 18.8 Å². The molecule has 0 aliphatic rings. The Morgan fingerprint density at radius 1 is 1.28 bits per heavy atom. The van der Waals surface area contributed by atoms with Crippen LogP contribution < -0.4 is 5.32 Å². The van der Waals surface area contributed by atoms with Gasteiger partial charge in [0.1, 0.15) is 0 Å². The summed E-state index contributed by atoms with van der Waals surface area (Å²) < 4.78 is 5.23. The Kier molecular flexibility index (Phi) is 6.82. The Labute approximate surface area is 115 Å². The second kappa shape index (κ2) is 7.87. The molecule has 0 saturated heterocycles. The summed E-state index contributed by atoms with van der Waals surface area (Å²) >= 11 is 1.83. The monoisotopic (exact) mass is 270 g/mol. The number of thiazole rings is 1. The van der Waals surface area contributed by atoms with Crippen LogP contribution in [0.15, 0.2) is 0 Å². The van der Waals surface area contributed by atoms with Crippen molar-refractivity contribution in [3.05, 3.63) is 15.6 Å². The number of hydrogen-bond acceptors (Lipinski definition) is 4. The van der Waals surface area contributed by atoms with Gasteiger partial charge in [0.15, 0.2) is 0 Å². The SMILES string of the molecule is COCc1nc(CCC(C)C)sc1CNC(C)C. The van der Waals surface area contributed by atoms with E-state index < -0.39 is 0 Å². The lowest BCUT2D eigenvalue weighted by Gasteiger charge is -2.07. The molecular formula is C14H26N2OS. The maximum atomic E-state index is 5.23. The Hall–Kier alpha value is -0.450. The third-order valence-corrected chi connectivity index (χ3v) is 3.87. The van der Waals surface area contributed by atoms with E-state index in [0.717, 1.165) is 24.6 Å². The molecule has 0 atom stereocenters. The van der Waals surface area contributed by atoms with Crippen LogP contribution >= 0.6 is 11.3 Å². The average Bonchev–Trinajstić information content (AvgIpc) is 2.67. The fraction of sp³-hybridized carbons (Fsp3) is 0.786. The van der Waals surface area contributed by atoms with E-state index >= 15 is 0 Å². The van der Waals surface area contributed by atoms with E-state index in [-0.39, 0.29) is 0 Å². The predicted molar refractivity (Wildman–Crippen MR) is 78.0 cm³/mol. The maximum absolute atomic E-state index is 5.23. The molecule has 0 radical (unpaired) electrons. The lowest BCUT2D eigenvalue weighted by atomic mass is 10.1. The number of aromatic nitrogens is 1. The van der Waals surface area contributed by atoms with Crippen LogP contribution in [0.1, 0.15) is 49.7 Å². The molecule has 0 saturated carbocycles. The van der Waals surface area contributed by atoms with Gasteiger partial charge in [0.05, 0.1) is 17.3 Å². The normalized spacial score (nSPS) is 11.7. The second-order valence-electron chi connectivity index (χ2n) is 5.38. The van der Waals surface area contributed by atoms with E-state index in [1.54, 1.807) is 7.11 Å². The van der Waals surface area contributed by atoms with Crippen LogP contribution in [0.25, 0.3) is 0 Å². The minimum atomic E-state index is 0.501. The van der Waals surface area contributed by atoms with Gasteiger partial charge in [0, 0.05) is 24.6 Å². The van der Waals surface area contributed by atoms with Crippen molar-refractivity contribution in [2.24, 2.45) is 5.92 Å². The first kappa shape index (κ1) is 15.6. The summed E-state index contributed by atoms with van der Waals surface area (Å²) in [4.78, 5) is 6.03. The molecule has 1 aromatic heterocycles. The van der Waals surface area contributed by atoms with Crippen LogP contribution in [0.3, 0.4) is 0 Å². The summed E-state index contributed by atoms with van der Waals surface area (Å²) in [6.45, 7) is 10.4. The van der Waals surface area contributed by atoms with E-state index in [1.807, 2.05) is 11.3 Å². The molecule has 0 bridgehead atoms. The molecular weight excluding hydrogens is 244 g/mol. The van der Waals surface area contributed by atoms with E-state index in [9.17, 15) is 0 Å². The molecule has 3 nitrogen and oxygen atoms in total. The zero-order valence-corrected chi connectivity index (χ0v) is 13.1. The van der Waals surface area contributed by atoms with E-state index in [1.165, 1.54) is 16.3 Å². The van der Waals surface area contributed by atoms with E-state index in [2.05, 4.69) is 33.0 Å². The van der Waals surface area contributed by atoms with Crippen molar-refractivity contribution >= 4 is 11.3 Å². The fourth-order valence-electron chi connectivity index (χ4n) is 1.64. The van der Waals surface area contributed by atoms with Crippen molar-refractivity contribution in [1.29, 1.82) is 0 Å². The molecule has 0 aromatic carbocycles. The van der Waals surface area contributed by atoms with Gasteiger partial charge in [-0.25, -0.2) is 4.98 Å². The molecule has 1 aromatic rings. The quantitative estimate of drug-likeness (QED) is 0.786. The molecule has 1 rings (SSSR count). The Balaban J connectivity index is 2.66. The topological polar surface area (TPSA) is 34.1 Å². The van der Waals surface area contributed by atoms with Crippen molar-refractivity contribution in [1.82, 2.24) is 10.3 Å². The number of aryl methyl sites for hydroxylation is 1. The lowest BCUT2D eigenvalue weighted by molar-refractivity contribution is 0.181. The number of hydrogen-bond donors (Lipinski definition) is 1. The van der Waals surface area contributed by atoms with E-state index in [4.69, 9.17) is 9.72 Å². The van der Waals surface area contributed by atoms with Crippen molar-refractivity contribution in [2.45, 2.75) is 59.7 Å². The molecule has 1 N–H and O–H groups in total. The molecule has 1 heterocycles. The highest BCUT2D eigenvalue weighted by atomic mass is 32.1. The van der Waals surface area contributed by atoms with Gasteiger partial charge in [-0.2, -0.15) is 0 Å². The molecule has 0 spiro atoms. The first-order valence-corrected chi connectivity index (χ1v) is 7.54. The summed E-state index contributed by atoms with van der Waals surface area (Å²) in [6, 6.07) is 0.501. The first-order valence-electron chi connectivity index (χ1n) is 6.72. The van der Waals surface area contributed by atoms with Gasteiger partial charge in [-0.1, -0.05) is 27.7 Å². The van der Waals surface area contributed by atoms with Crippen molar-refractivity contribution < 1.29 is 4.74 Å². The van der Waals surface area contributed by atoms with Crippen molar-refractivity contribution in [2.75, 3.05) is 7.11 Å². The largest absolute Gasteiger partial charge is 0.378 e. The van der Waals surface area contributed by atoms with Crippen LogP contribution in [-0.2, 0) is 24.3 Å². The molecule has 0 amide bonds. The van der Waals surface area contributed by atoms with Crippen LogP contribution in [0.5, 0.6) is 0 Å². The van der Waals surface area contributed by atoms with E-state index in [0.29, 0.717) is 12.6 Å². The van der Waals surface area contributed by atoms with Crippen LogP contribution in [0, 0.1) is 5.92 Å². The molecule has 0 aliphatic carbocycles. The van der Waals surface area contributed by atoms with Crippen LogP contribution in [0.2, 0.25) is 0 Å². The zero-order valence-electron chi connectivity index (χ0n) is 12.2. The maximum Gasteiger partial charge on any atom is 0.0932 e. The smallest absolute Gasteiger partial charge is 0.0932 e. The summed E-state index contributed by atoms with van der Waals surface area (Å²) in [5, 5.41) is 4.70. The first-order chi connectivity index (χ1) is 8.52. The number of rotatable bonds is 8. The number of ether oxygens (including phenoxy) is 1. The van der Waals surface area contributed by atoms with Gasteiger partial charge in [0.25, 0.3) is 0 Å².